The summed E-state index contributed by atoms with van der Waals surface area (Å²) in [4.78, 5) is 14.6. The maximum absolute atomic E-state index is 10.8. The zero-order chi connectivity index (χ0) is 11.1. The van der Waals surface area contributed by atoms with Crippen LogP contribution in [0.15, 0.2) is 18.3 Å². The Labute approximate surface area is 93.1 Å². The third-order valence-electron chi connectivity index (χ3n) is 1.85. The number of aromatic nitrogens is 1. The standard InChI is InChI=1S/C10H14N2O2S/c1-15-7-3-6-11-8-4-2-5-12-9(8)10(13)14/h2,4-5,11H,3,6-7H2,1H3,(H,13,14). The molecular weight excluding hydrogens is 212 g/mol. The predicted molar refractivity (Wildman–Crippen MR) is 62.7 cm³/mol. The van der Waals surface area contributed by atoms with Crippen molar-refractivity contribution >= 4 is 23.4 Å². The van der Waals surface area contributed by atoms with E-state index < -0.39 is 5.97 Å². The molecule has 2 N–H and O–H groups in total. The lowest BCUT2D eigenvalue weighted by atomic mass is 10.3. The monoisotopic (exact) mass is 226 g/mol. The van der Waals surface area contributed by atoms with Crippen LogP contribution in [0, 0.1) is 0 Å². The highest BCUT2D eigenvalue weighted by Gasteiger charge is 2.09. The molecule has 1 aromatic heterocycles. The minimum absolute atomic E-state index is 0.0849. The minimum atomic E-state index is -0.997. The molecule has 0 saturated carbocycles. The number of hydrogen-bond donors (Lipinski definition) is 2. The number of nitrogens with one attached hydrogen (secondary N) is 1. The molecule has 0 fully saturated rings. The Bertz CT molecular complexity index is 331. The molecule has 0 spiro atoms. The van der Waals surface area contributed by atoms with Crippen molar-refractivity contribution in [2.45, 2.75) is 6.42 Å². The van der Waals surface area contributed by atoms with Gasteiger partial charge in [0.2, 0.25) is 0 Å². The highest BCUT2D eigenvalue weighted by atomic mass is 32.2. The van der Waals surface area contributed by atoms with Gasteiger partial charge in [-0.15, -0.1) is 0 Å². The minimum Gasteiger partial charge on any atom is -0.476 e. The van der Waals surface area contributed by atoms with E-state index in [4.69, 9.17) is 5.11 Å². The van der Waals surface area contributed by atoms with Crippen LogP contribution in [0.4, 0.5) is 5.69 Å². The fourth-order valence-electron chi connectivity index (χ4n) is 1.16. The second kappa shape index (κ2) is 6.29. The summed E-state index contributed by atoms with van der Waals surface area (Å²) in [5, 5.41) is 11.9. The van der Waals surface area contributed by atoms with Crippen molar-refractivity contribution in [2.24, 2.45) is 0 Å². The lowest BCUT2D eigenvalue weighted by molar-refractivity contribution is 0.0691. The molecule has 0 amide bonds. The highest BCUT2D eigenvalue weighted by molar-refractivity contribution is 7.98. The predicted octanol–water partition coefficient (Wildman–Crippen LogP) is 1.94. The van der Waals surface area contributed by atoms with E-state index >= 15 is 0 Å². The van der Waals surface area contributed by atoms with E-state index in [0.29, 0.717) is 5.69 Å². The number of nitrogens with zero attached hydrogens (tertiary/aromatic N) is 1. The molecule has 0 aliphatic rings. The number of carboxylic acid groups (broad SMARTS) is 1. The summed E-state index contributed by atoms with van der Waals surface area (Å²) >= 11 is 1.78. The quantitative estimate of drug-likeness (QED) is 0.726. The molecule has 0 radical (unpaired) electrons. The van der Waals surface area contributed by atoms with Gasteiger partial charge in [-0.1, -0.05) is 0 Å². The molecule has 5 heteroatoms. The fourth-order valence-corrected chi connectivity index (χ4v) is 1.59. The Morgan fingerprint density at radius 1 is 1.67 bits per heavy atom. The van der Waals surface area contributed by atoms with E-state index in [1.54, 1.807) is 23.9 Å². The molecule has 1 rings (SSSR count). The summed E-state index contributed by atoms with van der Waals surface area (Å²) in [5.74, 6) is 0.0679. The average molecular weight is 226 g/mol. The first-order valence-corrected chi connectivity index (χ1v) is 6.06. The van der Waals surface area contributed by atoms with Gasteiger partial charge in [0.15, 0.2) is 5.69 Å². The van der Waals surface area contributed by atoms with E-state index in [9.17, 15) is 4.79 Å². The second-order valence-electron chi connectivity index (χ2n) is 2.98. The maximum Gasteiger partial charge on any atom is 0.356 e. The van der Waals surface area contributed by atoms with Crippen LogP contribution in [0.3, 0.4) is 0 Å². The van der Waals surface area contributed by atoms with Crippen LogP contribution in [0.5, 0.6) is 0 Å². The summed E-state index contributed by atoms with van der Waals surface area (Å²) in [6.07, 6.45) is 4.54. The number of carbonyl (C=O) groups is 1. The topological polar surface area (TPSA) is 62.2 Å². The number of thioether (sulfide) groups is 1. The van der Waals surface area contributed by atoms with Crippen molar-refractivity contribution in [3.63, 3.8) is 0 Å². The lowest BCUT2D eigenvalue weighted by Gasteiger charge is -2.07. The lowest BCUT2D eigenvalue weighted by Crippen LogP contribution is -2.09. The van der Waals surface area contributed by atoms with E-state index in [2.05, 4.69) is 10.3 Å². The largest absolute Gasteiger partial charge is 0.476 e. The molecule has 0 unspecified atom stereocenters. The third kappa shape index (κ3) is 3.79. The number of aromatic carboxylic acids is 1. The molecule has 0 bridgehead atoms. The summed E-state index contributed by atoms with van der Waals surface area (Å²) in [5.41, 5.74) is 0.674. The zero-order valence-corrected chi connectivity index (χ0v) is 9.38. The molecule has 1 heterocycles. The smallest absolute Gasteiger partial charge is 0.356 e. The molecule has 0 aromatic carbocycles. The van der Waals surface area contributed by atoms with Gasteiger partial charge in [0.05, 0.1) is 5.69 Å². The fraction of sp³-hybridized carbons (Fsp3) is 0.400. The van der Waals surface area contributed by atoms with Crippen LogP contribution in [-0.2, 0) is 0 Å². The van der Waals surface area contributed by atoms with Gasteiger partial charge in [-0.05, 0) is 30.6 Å². The summed E-state index contributed by atoms with van der Waals surface area (Å²) in [7, 11) is 0. The number of hydrogen-bond acceptors (Lipinski definition) is 4. The third-order valence-corrected chi connectivity index (χ3v) is 2.55. The van der Waals surface area contributed by atoms with Crippen molar-refractivity contribution in [1.82, 2.24) is 4.98 Å². The van der Waals surface area contributed by atoms with Crippen molar-refractivity contribution in [2.75, 3.05) is 23.9 Å². The molecule has 0 atom stereocenters. The van der Waals surface area contributed by atoms with Crippen LogP contribution in [0.25, 0.3) is 0 Å². The van der Waals surface area contributed by atoms with E-state index in [0.717, 1.165) is 18.7 Å². The second-order valence-corrected chi connectivity index (χ2v) is 3.96. The number of anilines is 1. The first-order valence-electron chi connectivity index (χ1n) is 4.67. The van der Waals surface area contributed by atoms with Crippen molar-refractivity contribution < 1.29 is 9.90 Å². The Kier molecular flexibility index (Phi) is 4.97. The summed E-state index contributed by atoms with van der Waals surface area (Å²) in [6.45, 7) is 0.771. The van der Waals surface area contributed by atoms with Gasteiger partial charge in [0, 0.05) is 12.7 Å². The molecule has 0 saturated heterocycles. The zero-order valence-electron chi connectivity index (χ0n) is 8.56. The highest BCUT2D eigenvalue weighted by Crippen LogP contribution is 2.11. The normalized spacial score (nSPS) is 9.93. The number of pyridine rings is 1. The average Bonchev–Trinajstić information content (AvgIpc) is 2.25. The Hall–Kier alpha value is -1.23. The van der Waals surface area contributed by atoms with Crippen LogP contribution in [-0.4, -0.2) is 34.6 Å². The van der Waals surface area contributed by atoms with Gasteiger partial charge < -0.3 is 10.4 Å². The molecule has 15 heavy (non-hydrogen) atoms. The van der Waals surface area contributed by atoms with Crippen LogP contribution >= 0.6 is 11.8 Å². The van der Waals surface area contributed by atoms with Crippen molar-refractivity contribution in [3.05, 3.63) is 24.0 Å². The first kappa shape index (κ1) is 11.8. The van der Waals surface area contributed by atoms with Crippen LogP contribution < -0.4 is 5.32 Å². The first-order chi connectivity index (χ1) is 7.25. The van der Waals surface area contributed by atoms with Gasteiger partial charge >= 0.3 is 5.97 Å². The van der Waals surface area contributed by atoms with Crippen LogP contribution in [0.2, 0.25) is 0 Å². The summed E-state index contributed by atoms with van der Waals surface area (Å²) < 4.78 is 0. The van der Waals surface area contributed by atoms with E-state index in [1.165, 1.54) is 6.20 Å². The van der Waals surface area contributed by atoms with E-state index in [-0.39, 0.29) is 5.69 Å². The Morgan fingerprint density at radius 3 is 3.13 bits per heavy atom. The summed E-state index contributed by atoms with van der Waals surface area (Å²) in [6, 6.07) is 3.46. The van der Waals surface area contributed by atoms with Gasteiger partial charge in [0.25, 0.3) is 0 Å². The van der Waals surface area contributed by atoms with Crippen molar-refractivity contribution in [1.29, 1.82) is 0 Å². The SMILES string of the molecule is CSCCCNc1cccnc1C(=O)O. The maximum atomic E-state index is 10.8. The van der Waals surface area contributed by atoms with Crippen molar-refractivity contribution in [3.8, 4) is 0 Å². The molecule has 82 valence electrons. The molecule has 1 aromatic rings. The number of carboxylic acids is 1. The molecule has 0 aliphatic carbocycles. The van der Waals surface area contributed by atoms with Gasteiger partial charge in [-0.3, -0.25) is 0 Å². The Morgan fingerprint density at radius 2 is 2.47 bits per heavy atom. The number of rotatable bonds is 6. The van der Waals surface area contributed by atoms with Gasteiger partial charge in [-0.2, -0.15) is 11.8 Å². The Balaban J connectivity index is 2.56. The van der Waals surface area contributed by atoms with Crippen LogP contribution in [0.1, 0.15) is 16.9 Å². The van der Waals surface area contributed by atoms with E-state index in [1.807, 2.05) is 6.26 Å². The molecule has 0 aliphatic heterocycles. The molecule has 4 nitrogen and oxygen atoms in total. The van der Waals surface area contributed by atoms with Gasteiger partial charge in [-0.25, -0.2) is 9.78 Å². The van der Waals surface area contributed by atoms with Gasteiger partial charge in [0.1, 0.15) is 0 Å². The molecular formula is C10H14N2O2S.